The van der Waals surface area contributed by atoms with Crippen molar-refractivity contribution in [2.24, 2.45) is 11.8 Å². The van der Waals surface area contributed by atoms with E-state index in [2.05, 4.69) is 12.1 Å². The zero-order valence-electron chi connectivity index (χ0n) is 30.7. The molecule has 231 valence electrons. The van der Waals surface area contributed by atoms with Gasteiger partial charge in [0, 0.05) is 56.5 Å². The number of allylic oxidation sites excluding steroid dienone is 2. The number of fused-ring (bicyclic) bond motifs is 4. The van der Waals surface area contributed by atoms with Crippen LogP contribution in [0.2, 0.25) is 0 Å². The van der Waals surface area contributed by atoms with E-state index in [0.29, 0.717) is 22.4 Å². The number of carbonyl (C=O) groups excluding carboxylic acids is 1. The van der Waals surface area contributed by atoms with Crippen molar-refractivity contribution >= 4 is 38.5 Å². The average Bonchev–Trinajstić information content (AvgIpc) is 3.45. The second-order valence-electron chi connectivity index (χ2n) is 12.4. The SMILES string of the molecule is CC(C)C(=O)/C=C(\O)C(C)C.[2H]C([2H])([2H])c1[c-]c(-c2ncc(C3([2H])CC3)c3cc(C4([2H])CCCC4)ccc23)c2oc3ccccc3c2c1.[Ir]. The Morgan fingerprint density at radius 3 is 2.41 bits per heavy atom. The molecule has 2 aromatic heterocycles. The number of ketones is 1. The smallest absolute Gasteiger partial charge is 0.161 e. The first kappa shape index (κ1) is 26.0. The standard InChI is InChI=1S/C30H26NO.C9H16O2.Ir/c1-18-14-25-22-8-4-5-9-28(22)32-30(25)26(15-18)29-23-13-12-21(19-6-2-3-7-19)16-24(23)27(17-31-29)20-10-11-20;1-6(2)8(10)5-9(11)7(3)4;/h4-5,8-9,12-14,16-17,19-20H,2-3,6-7,10-11H2,1H3;5-7,10H,1-4H3;/q-1;;/b;8-5-;/i1D3,19D,20D;;. The number of aliphatic hydroxyl groups is 1. The number of aliphatic hydroxyl groups excluding tert-OH is 1. The van der Waals surface area contributed by atoms with Crippen molar-refractivity contribution in [3.8, 4) is 11.3 Å². The Balaban J connectivity index is 0.000000340. The number of carbonyl (C=O) groups is 1. The largest absolute Gasteiger partial charge is 0.512 e. The molecule has 1 N–H and O–H groups in total. The number of rotatable bonds is 6. The van der Waals surface area contributed by atoms with E-state index in [-0.39, 0.29) is 49.0 Å². The summed E-state index contributed by atoms with van der Waals surface area (Å²) >= 11 is 0. The van der Waals surface area contributed by atoms with Crippen LogP contribution in [-0.2, 0) is 24.9 Å². The molecule has 0 atom stereocenters. The Hall–Kier alpha value is -3.27. The van der Waals surface area contributed by atoms with Crippen molar-refractivity contribution in [2.75, 3.05) is 0 Å². The first-order valence-electron chi connectivity index (χ1n) is 17.9. The third-order valence-electron chi connectivity index (χ3n) is 8.48. The Kier molecular flexibility index (Phi) is 7.91. The van der Waals surface area contributed by atoms with Crippen molar-refractivity contribution < 1.29 is 41.3 Å². The van der Waals surface area contributed by atoms with Crippen LogP contribution in [0.4, 0.5) is 0 Å². The summed E-state index contributed by atoms with van der Waals surface area (Å²) in [6, 6.07) is 18.5. The van der Waals surface area contributed by atoms with Gasteiger partial charge in [0.2, 0.25) is 0 Å². The van der Waals surface area contributed by atoms with E-state index >= 15 is 0 Å². The Bertz CT molecular complexity index is 2050. The number of furan rings is 1. The summed E-state index contributed by atoms with van der Waals surface area (Å²) in [5, 5.41) is 12.5. The van der Waals surface area contributed by atoms with E-state index in [1.54, 1.807) is 12.3 Å². The Morgan fingerprint density at radius 2 is 1.73 bits per heavy atom. The first-order valence-corrected chi connectivity index (χ1v) is 15.4. The molecule has 3 aromatic carbocycles. The van der Waals surface area contributed by atoms with E-state index in [4.69, 9.17) is 16.3 Å². The van der Waals surface area contributed by atoms with Gasteiger partial charge in [-0.2, -0.15) is 0 Å². The predicted octanol–water partition coefficient (Wildman–Crippen LogP) is 10.8. The van der Waals surface area contributed by atoms with Crippen LogP contribution in [0, 0.1) is 24.8 Å². The number of benzene rings is 3. The van der Waals surface area contributed by atoms with Gasteiger partial charge in [0.15, 0.2) is 5.78 Å². The Labute approximate surface area is 281 Å². The number of aromatic nitrogens is 1. The van der Waals surface area contributed by atoms with Gasteiger partial charge in [-0.1, -0.05) is 94.7 Å². The maximum atomic E-state index is 11.0. The van der Waals surface area contributed by atoms with Crippen LogP contribution in [0.1, 0.15) is 102 Å². The first-order chi connectivity index (χ1) is 22.6. The van der Waals surface area contributed by atoms with Crippen LogP contribution in [0.25, 0.3) is 44.0 Å². The number of pyridine rings is 1. The van der Waals surface area contributed by atoms with Gasteiger partial charge < -0.3 is 14.5 Å². The van der Waals surface area contributed by atoms with Gasteiger partial charge in [-0.25, -0.2) is 0 Å². The van der Waals surface area contributed by atoms with Gasteiger partial charge in [-0.15, -0.1) is 17.7 Å². The van der Waals surface area contributed by atoms with Crippen molar-refractivity contribution in [3.05, 3.63) is 89.3 Å². The molecule has 0 unspecified atom stereocenters. The quantitative estimate of drug-likeness (QED) is 0.106. The molecule has 1 radical (unpaired) electrons. The van der Waals surface area contributed by atoms with Gasteiger partial charge in [0.05, 0.1) is 11.3 Å². The second-order valence-corrected chi connectivity index (χ2v) is 12.4. The molecule has 2 saturated carbocycles. The van der Waals surface area contributed by atoms with E-state index in [1.807, 2.05) is 64.1 Å². The molecule has 0 aliphatic heterocycles. The minimum absolute atomic E-state index is 0. The molecule has 0 amide bonds. The number of hydrogen-bond donors (Lipinski definition) is 1. The van der Waals surface area contributed by atoms with Crippen LogP contribution < -0.4 is 0 Å². The van der Waals surface area contributed by atoms with Crippen molar-refractivity contribution in [2.45, 2.75) is 84.9 Å². The number of hydrogen-bond acceptors (Lipinski definition) is 4. The summed E-state index contributed by atoms with van der Waals surface area (Å²) in [5.74, 6) is -1.10. The number of para-hydroxylation sites is 1. The van der Waals surface area contributed by atoms with Crippen molar-refractivity contribution in [1.29, 1.82) is 0 Å². The van der Waals surface area contributed by atoms with E-state index in [1.165, 1.54) is 6.08 Å². The molecule has 0 bridgehead atoms. The molecule has 0 spiro atoms. The molecule has 2 aliphatic rings. The zero-order valence-corrected chi connectivity index (χ0v) is 28.1. The molecule has 0 saturated heterocycles. The third kappa shape index (κ3) is 6.55. The molecule has 2 fully saturated rings. The summed E-state index contributed by atoms with van der Waals surface area (Å²) in [5.41, 5.74) is 4.32. The van der Waals surface area contributed by atoms with Crippen molar-refractivity contribution in [1.82, 2.24) is 4.98 Å². The molecule has 2 aliphatic carbocycles. The molecular weight excluding hydrogens is 723 g/mol. The molecule has 2 heterocycles. The van der Waals surface area contributed by atoms with Gasteiger partial charge in [-0.05, 0) is 71.1 Å². The van der Waals surface area contributed by atoms with Gasteiger partial charge in [0.1, 0.15) is 5.58 Å². The van der Waals surface area contributed by atoms with Crippen LogP contribution in [0.3, 0.4) is 0 Å². The van der Waals surface area contributed by atoms with Crippen LogP contribution >= 0.6 is 0 Å². The normalized spacial score (nSPS) is 19.0. The molecular formula is C39H42IrNO3-. The molecule has 5 heteroatoms. The predicted molar refractivity (Wildman–Crippen MR) is 177 cm³/mol. The number of nitrogens with zero attached hydrogens (tertiary/aromatic N) is 1. The maximum Gasteiger partial charge on any atom is 0.161 e. The molecule has 5 aromatic rings. The zero-order chi connectivity index (χ0) is 34.6. The van der Waals surface area contributed by atoms with E-state index < -0.39 is 18.6 Å². The van der Waals surface area contributed by atoms with Gasteiger partial charge in [0.25, 0.3) is 0 Å². The Morgan fingerprint density at radius 1 is 0.977 bits per heavy atom. The minimum Gasteiger partial charge on any atom is -0.512 e. The fourth-order valence-corrected chi connectivity index (χ4v) is 5.78. The minimum atomic E-state index is -2.34. The second kappa shape index (κ2) is 13.4. The van der Waals surface area contributed by atoms with E-state index in [0.717, 1.165) is 71.2 Å². The maximum absolute atomic E-state index is 11.0. The summed E-state index contributed by atoms with van der Waals surface area (Å²) in [6.45, 7) is 4.97. The average molecular weight is 770 g/mol. The fraction of sp³-hybridized carbons (Fsp3) is 0.385. The third-order valence-corrected chi connectivity index (χ3v) is 8.48. The summed E-state index contributed by atoms with van der Waals surface area (Å²) in [4.78, 5) is 15.9. The van der Waals surface area contributed by atoms with E-state index in [9.17, 15) is 9.90 Å². The summed E-state index contributed by atoms with van der Waals surface area (Å²) in [6.07, 6.45) is 8.45. The molecule has 4 nitrogen and oxygen atoms in total. The molecule has 44 heavy (non-hydrogen) atoms. The van der Waals surface area contributed by atoms with Crippen LogP contribution in [-0.4, -0.2) is 15.9 Å². The number of aryl methyl sites for hydroxylation is 1. The summed E-state index contributed by atoms with van der Waals surface area (Å²) in [7, 11) is 0. The van der Waals surface area contributed by atoms with Crippen LogP contribution in [0.15, 0.2) is 71.0 Å². The molecule has 7 rings (SSSR count). The monoisotopic (exact) mass is 770 g/mol. The van der Waals surface area contributed by atoms with Gasteiger partial charge in [-0.3, -0.25) is 4.79 Å². The topological polar surface area (TPSA) is 63.3 Å². The van der Waals surface area contributed by atoms with Crippen LogP contribution in [0.5, 0.6) is 0 Å². The van der Waals surface area contributed by atoms with Crippen molar-refractivity contribution in [3.63, 3.8) is 0 Å². The fourth-order valence-electron chi connectivity index (χ4n) is 5.78. The van der Waals surface area contributed by atoms with Gasteiger partial charge >= 0.3 is 0 Å². The summed E-state index contributed by atoms with van der Waals surface area (Å²) < 4.78 is 48.6.